The van der Waals surface area contributed by atoms with Crippen LogP contribution in [0.2, 0.25) is 0 Å². The Bertz CT molecular complexity index is 529. The highest BCUT2D eigenvalue weighted by molar-refractivity contribution is 7.89. The third-order valence-electron chi connectivity index (χ3n) is 2.89. The standard InChI is InChI=1S/C14H22N2O2S/c1-11(2)9-10-16-12(3)13-5-7-14(8-6-13)19(17,18)15-4/h5-9,12,15-16H,10H2,1-4H3/t12-/m0/s1. The average Bonchev–Trinajstić information content (AvgIpc) is 2.38. The number of sulfonamides is 1. The van der Waals surface area contributed by atoms with E-state index < -0.39 is 10.0 Å². The van der Waals surface area contributed by atoms with Crippen molar-refractivity contribution in [2.75, 3.05) is 13.6 Å². The molecule has 0 aliphatic rings. The van der Waals surface area contributed by atoms with E-state index in [1.54, 1.807) is 12.1 Å². The predicted octanol–water partition coefficient (Wildman–Crippen LogP) is 2.21. The van der Waals surface area contributed by atoms with E-state index in [-0.39, 0.29) is 10.9 Å². The summed E-state index contributed by atoms with van der Waals surface area (Å²) < 4.78 is 25.5. The van der Waals surface area contributed by atoms with Crippen molar-refractivity contribution in [2.45, 2.75) is 31.7 Å². The van der Waals surface area contributed by atoms with Gasteiger partial charge in [0, 0.05) is 12.6 Å². The summed E-state index contributed by atoms with van der Waals surface area (Å²) in [7, 11) is -1.94. The van der Waals surface area contributed by atoms with Gasteiger partial charge in [-0.25, -0.2) is 13.1 Å². The summed E-state index contributed by atoms with van der Waals surface area (Å²) in [6.07, 6.45) is 2.12. The number of nitrogens with one attached hydrogen (secondary N) is 2. The molecule has 5 heteroatoms. The molecule has 0 bridgehead atoms. The first-order valence-corrected chi connectivity index (χ1v) is 7.75. The Morgan fingerprint density at radius 2 is 1.84 bits per heavy atom. The number of rotatable bonds is 6. The highest BCUT2D eigenvalue weighted by atomic mass is 32.2. The molecule has 0 aromatic heterocycles. The van der Waals surface area contributed by atoms with Crippen LogP contribution in [-0.2, 0) is 10.0 Å². The van der Waals surface area contributed by atoms with E-state index >= 15 is 0 Å². The number of hydrogen-bond donors (Lipinski definition) is 2. The molecule has 0 spiro atoms. The van der Waals surface area contributed by atoms with Crippen molar-refractivity contribution in [1.82, 2.24) is 10.0 Å². The minimum absolute atomic E-state index is 0.182. The molecule has 0 heterocycles. The second kappa shape index (κ2) is 6.84. The van der Waals surface area contributed by atoms with Crippen molar-refractivity contribution in [1.29, 1.82) is 0 Å². The van der Waals surface area contributed by atoms with Crippen molar-refractivity contribution < 1.29 is 8.42 Å². The maximum Gasteiger partial charge on any atom is 0.240 e. The zero-order valence-electron chi connectivity index (χ0n) is 11.9. The van der Waals surface area contributed by atoms with E-state index in [9.17, 15) is 8.42 Å². The van der Waals surface area contributed by atoms with Crippen LogP contribution in [0.15, 0.2) is 40.8 Å². The van der Waals surface area contributed by atoms with E-state index in [1.165, 1.54) is 12.6 Å². The number of allylic oxidation sites excluding steroid dienone is 1. The maximum absolute atomic E-state index is 11.6. The summed E-state index contributed by atoms with van der Waals surface area (Å²) in [5.74, 6) is 0. The van der Waals surface area contributed by atoms with Crippen molar-refractivity contribution in [3.8, 4) is 0 Å². The van der Waals surface area contributed by atoms with Crippen LogP contribution in [0.5, 0.6) is 0 Å². The van der Waals surface area contributed by atoms with Crippen LogP contribution in [0.3, 0.4) is 0 Å². The van der Waals surface area contributed by atoms with E-state index in [0.29, 0.717) is 0 Å². The molecule has 2 N–H and O–H groups in total. The summed E-state index contributed by atoms with van der Waals surface area (Å²) >= 11 is 0. The number of benzene rings is 1. The summed E-state index contributed by atoms with van der Waals surface area (Å²) in [5.41, 5.74) is 2.34. The Labute approximate surface area is 116 Å². The molecule has 0 fully saturated rings. The monoisotopic (exact) mass is 282 g/mol. The molecule has 4 nitrogen and oxygen atoms in total. The maximum atomic E-state index is 11.6. The van der Waals surface area contributed by atoms with Gasteiger partial charge in [-0.05, 0) is 45.5 Å². The Kier molecular flexibility index (Phi) is 5.72. The SMILES string of the molecule is CNS(=O)(=O)c1ccc([C@H](C)NCC=C(C)C)cc1. The van der Waals surface area contributed by atoms with Crippen LogP contribution in [0.1, 0.15) is 32.4 Å². The molecular weight excluding hydrogens is 260 g/mol. The fourth-order valence-electron chi connectivity index (χ4n) is 1.61. The Morgan fingerprint density at radius 3 is 2.32 bits per heavy atom. The normalized spacial score (nSPS) is 13.1. The molecule has 1 aromatic carbocycles. The molecule has 19 heavy (non-hydrogen) atoms. The molecule has 1 aromatic rings. The third-order valence-corrected chi connectivity index (χ3v) is 4.32. The van der Waals surface area contributed by atoms with Gasteiger partial charge >= 0.3 is 0 Å². The molecule has 0 aliphatic heterocycles. The van der Waals surface area contributed by atoms with Gasteiger partial charge < -0.3 is 5.32 Å². The summed E-state index contributed by atoms with van der Waals surface area (Å²) in [6, 6.07) is 7.11. The fraction of sp³-hybridized carbons (Fsp3) is 0.429. The smallest absolute Gasteiger partial charge is 0.240 e. The molecule has 1 rings (SSSR count). The molecule has 106 valence electrons. The first-order chi connectivity index (χ1) is 8.86. The van der Waals surface area contributed by atoms with Crippen molar-refractivity contribution in [3.63, 3.8) is 0 Å². The topological polar surface area (TPSA) is 58.2 Å². The quantitative estimate of drug-likeness (QED) is 0.787. The zero-order chi connectivity index (χ0) is 14.5. The van der Waals surface area contributed by atoms with Gasteiger partial charge in [0.05, 0.1) is 4.90 Å². The minimum atomic E-state index is -3.35. The second-order valence-corrected chi connectivity index (χ2v) is 6.57. The van der Waals surface area contributed by atoms with Crippen LogP contribution in [0, 0.1) is 0 Å². The molecule has 0 amide bonds. The fourth-order valence-corrected chi connectivity index (χ4v) is 2.34. The van der Waals surface area contributed by atoms with Crippen LogP contribution in [0.4, 0.5) is 0 Å². The molecule has 0 unspecified atom stereocenters. The first-order valence-electron chi connectivity index (χ1n) is 6.27. The second-order valence-electron chi connectivity index (χ2n) is 4.69. The van der Waals surface area contributed by atoms with Crippen molar-refractivity contribution in [3.05, 3.63) is 41.5 Å². The zero-order valence-corrected chi connectivity index (χ0v) is 12.7. The van der Waals surface area contributed by atoms with Gasteiger partial charge in [0.1, 0.15) is 0 Å². The van der Waals surface area contributed by atoms with E-state index in [0.717, 1.165) is 12.1 Å². The molecule has 0 aliphatic carbocycles. The summed E-state index contributed by atoms with van der Waals surface area (Å²) in [5, 5.41) is 3.36. The molecule has 1 atom stereocenters. The van der Waals surface area contributed by atoms with E-state index in [1.807, 2.05) is 12.1 Å². The first kappa shape index (κ1) is 15.9. The third kappa shape index (κ3) is 4.78. The Balaban J connectivity index is 2.74. The minimum Gasteiger partial charge on any atom is -0.307 e. The van der Waals surface area contributed by atoms with Crippen LogP contribution in [0.25, 0.3) is 0 Å². The number of hydrogen-bond acceptors (Lipinski definition) is 3. The van der Waals surface area contributed by atoms with Crippen molar-refractivity contribution >= 4 is 10.0 Å². The van der Waals surface area contributed by atoms with Crippen molar-refractivity contribution in [2.24, 2.45) is 0 Å². The van der Waals surface area contributed by atoms with Gasteiger partial charge in [-0.15, -0.1) is 0 Å². The lowest BCUT2D eigenvalue weighted by Gasteiger charge is -2.13. The van der Waals surface area contributed by atoms with Gasteiger partial charge in [0.15, 0.2) is 0 Å². The van der Waals surface area contributed by atoms with E-state index in [2.05, 4.69) is 36.9 Å². The van der Waals surface area contributed by atoms with Crippen LogP contribution in [-0.4, -0.2) is 22.0 Å². The molecular formula is C14H22N2O2S. The largest absolute Gasteiger partial charge is 0.307 e. The van der Waals surface area contributed by atoms with Crippen LogP contribution >= 0.6 is 0 Å². The lowest BCUT2D eigenvalue weighted by Crippen LogP contribution is -2.20. The highest BCUT2D eigenvalue weighted by Crippen LogP contribution is 2.15. The molecule has 0 radical (unpaired) electrons. The van der Waals surface area contributed by atoms with Gasteiger partial charge in [0.2, 0.25) is 10.0 Å². The van der Waals surface area contributed by atoms with Crippen LogP contribution < -0.4 is 10.0 Å². The molecule has 0 saturated heterocycles. The lowest BCUT2D eigenvalue weighted by atomic mass is 10.1. The van der Waals surface area contributed by atoms with Gasteiger partial charge in [-0.2, -0.15) is 0 Å². The Hall–Kier alpha value is -1.17. The summed E-state index contributed by atoms with van der Waals surface area (Å²) in [6.45, 7) is 6.98. The molecule has 0 saturated carbocycles. The predicted molar refractivity (Wildman–Crippen MR) is 78.5 cm³/mol. The summed E-state index contributed by atoms with van der Waals surface area (Å²) in [4.78, 5) is 0.287. The lowest BCUT2D eigenvalue weighted by molar-refractivity contribution is 0.587. The Morgan fingerprint density at radius 1 is 1.26 bits per heavy atom. The van der Waals surface area contributed by atoms with Gasteiger partial charge in [-0.1, -0.05) is 23.8 Å². The average molecular weight is 282 g/mol. The van der Waals surface area contributed by atoms with Gasteiger partial charge in [-0.3, -0.25) is 0 Å². The highest BCUT2D eigenvalue weighted by Gasteiger charge is 2.11. The van der Waals surface area contributed by atoms with E-state index in [4.69, 9.17) is 0 Å². The van der Waals surface area contributed by atoms with Gasteiger partial charge in [0.25, 0.3) is 0 Å².